The fraction of sp³-hybridized carbons (Fsp3) is 0.200. The minimum absolute atomic E-state index is 0.119. The van der Waals surface area contributed by atoms with E-state index in [0.717, 1.165) is 0 Å². The highest BCUT2D eigenvalue weighted by Gasteiger charge is 2.22. The van der Waals surface area contributed by atoms with E-state index in [9.17, 15) is 9.18 Å². The first-order chi connectivity index (χ1) is 7.16. The van der Waals surface area contributed by atoms with E-state index in [1.54, 1.807) is 18.2 Å². The predicted molar refractivity (Wildman–Crippen MR) is 53.2 cm³/mol. The average molecular weight is 207 g/mol. The number of hydrogen-bond acceptors (Lipinski definition) is 3. The van der Waals surface area contributed by atoms with Crippen LogP contribution in [0.1, 0.15) is 12.0 Å². The van der Waals surface area contributed by atoms with E-state index < -0.39 is 0 Å². The molecule has 1 aliphatic rings. The van der Waals surface area contributed by atoms with E-state index in [1.165, 1.54) is 11.1 Å². The minimum atomic E-state index is -0.342. The predicted octanol–water partition coefficient (Wildman–Crippen LogP) is 0.830. The molecule has 1 heterocycles. The van der Waals surface area contributed by atoms with Crippen molar-refractivity contribution in [3.05, 3.63) is 35.6 Å². The lowest BCUT2D eigenvalue weighted by molar-refractivity contribution is -0.129. The van der Waals surface area contributed by atoms with Gasteiger partial charge in [-0.3, -0.25) is 4.79 Å². The van der Waals surface area contributed by atoms with Crippen molar-refractivity contribution in [3.63, 3.8) is 0 Å². The number of hydrogen-bond donors (Lipinski definition) is 1. The lowest BCUT2D eigenvalue weighted by atomic mass is 10.2. The van der Waals surface area contributed by atoms with E-state index in [0.29, 0.717) is 5.56 Å². The first-order valence-corrected chi connectivity index (χ1v) is 4.53. The van der Waals surface area contributed by atoms with E-state index in [-0.39, 0.29) is 30.5 Å². The third-order valence-corrected chi connectivity index (χ3v) is 2.15. The first kappa shape index (κ1) is 9.64. The van der Waals surface area contributed by atoms with Crippen molar-refractivity contribution < 1.29 is 9.18 Å². The molecule has 1 aromatic carbocycles. The smallest absolute Gasteiger partial charge is 0.250 e. The van der Waals surface area contributed by atoms with Gasteiger partial charge >= 0.3 is 0 Å². The number of hydrazone groups is 1. The number of nitrogens with zero attached hydrogens (tertiary/aromatic N) is 2. The molecular weight excluding hydrogens is 197 g/mol. The number of nitrogens with two attached hydrogens (primary N) is 1. The Morgan fingerprint density at radius 2 is 2.20 bits per heavy atom. The molecule has 15 heavy (non-hydrogen) atoms. The van der Waals surface area contributed by atoms with Crippen LogP contribution in [0.2, 0.25) is 0 Å². The minimum Gasteiger partial charge on any atom is -0.385 e. The molecule has 1 amide bonds. The molecule has 0 fully saturated rings. The summed E-state index contributed by atoms with van der Waals surface area (Å²) < 4.78 is 13.2. The Morgan fingerprint density at radius 3 is 2.80 bits per heavy atom. The van der Waals surface area contributed by atoms with Crippen LogP contribution in [0.25, 0.3) is 0 Å². The van der Waals surface area contributed by atoms with Crippen LogP contribution in [-0.4, -0.2) is 16.8 Å². The summed E-state index contributed by atoms with van der Waals surface area (Å²) in [6.45, 7) is 0.131. The summed E-state index contributed by atoms with van der Waals surface area (Å²) in [6, 6.07) is 6.28. The van der Waals surface area contributed by atoms with Gasteiger partial charge in [0.25, 0.3) is 5.91 Å². The highest BCUT2D eigenvalue weighted by Crippen LogP contribution is 2.14. The maximum atomic E-state index is 13.2. The van der Waals surface area contributed by atoms with Gasteiger partial charge in [-0.05, 0) is 6.07 Å². The molecule has 1 aromatic rings. The topological polar surface area (TPSA) is 58.7 Å². The Kier molecular flexibility index (Phi) is 2.37. The van der Waals surface area contributed by atoms with Gasteiger partial charge in [0.2, 0.25) is 0 Å². The molecule has 78 valence electrons. The van der Waals surface area contributed by atoms with E-state index in [1.807, 2.05) is 0 Å². The molecule has 4 nitrogen and oxygen atoms in total. The summed E-state index contributed by atoms with van der Waals surface area (Å²) in [5.41, 5.74) is 5.84. The summed E-state index contributed by atoms with van der Waals surface area (Å²) >= 11 is 0. The van der Waals surface area contributed by atoms with Crippen molar-refractivity contribution in [1.29, 1.82) is 0 Å². The number of amides is 1. The van der Waals surface area contributed by atoms with Crippen molar-refractivity contribution in [2.24, 2.45) is 10.8 Å². The van der Waals surface area contributed by atoms with Crippen LogP contribution in [-0.2, 0) is 11.3 Å². The quantitative estimate of drug-likeness (QED) is 0.780. The van der Waals surface area contributed by atoms with Gasteiger partial charge in [-0.15, -0.1) is 0 Å². The SMILES string of the molecule is NC1=NN(Cc2ccccc2F)C(=O)C1. The van der Waals surface area contributed by atoms with Gasteiger partial charge < -0.3 is 5.73 Å². The van der Waals surface area contributed by atoms with Gasteiger partial charge in [-0.25, -0.2) is 9.40 Å². The van der Waals surface area contributed by atoms with Crippen molar-refractivity contribution in [2.45, 2.75) is 13.0 Å². The van der Waals surface area contributed by atoms with Crippen LogP contribution in [0.4, 0.5) is 4.39 Å². The number of halogens is 1. The largest absolute Gasteiger partial charge is 0.385 e. The van der Waals surface area contributed by atoms with Crippen LogP contribution < -0.4 is 5.73 Å². The molecule has 0 radical (unpaired) electrons. The van der Waals surface area contributed by atoms with Gasteiger partial charge in [0.15, 0.2) is 0 Å². The molecule has 0 unspecified atom stereocenters. The lowest BCUT2D eigenvalue weighted by Crippen LogP contribution is -2.20. The number of carbonyl (C=O) groups is 1. The monoisotopic (exact) mass is 207 g/mol. The molecule has 0 bridgehead atoms. The van der Waals surface area contributed by atoms with Gasteiger partial charge in [0, 0.05) is 5.56 Å². The molecule has 2 N–H and O–H groups in total. The highest BCUT2D eigenvalue weighted by molar-refractivity contribution is 6.02. The molecule has 0 aromatic heterocycles. The van der Waals surface area contributed by atoms with Crippen molar-refractivity contribution in [3.8, 4) is 0 Å². The van der Waals surface area contributed by atoms with Gasteiger partial charge in [-0.1, -0.05) is 18.2 Å². The van der Waals surface area contributed by atoms with Crippen LogP contribution in [0, 0.1) is 5.82 Å². The second-order valence-electron chi connectivity index (χ2n) is 3.31. The zero-order valence-corrected chi connectivity index (χ0v) is 7.98. The zero-order chi connectivity index (χ0) is 10.8. The van der Waals surface area contributed by atoms with E-state index in [2.05, 4.69) is 5.10 Å². The molecule has 0 saturated carbocycles. The normalized spacial score (nSPS) is 15.7. The van der Waals surface area contributed by atoms with Gasteiger partial charge in [0.1, 0.15) is 11.7 Å². The summed E-state index contributed by atoms with van der Waals surface area (Å²) in [6.07, 6.45) is 0.119. The number of rotatable bonds is 2. The van der Waals surface area contributed by atoms with Crippen LogP contribution in [0.15, 0.2) is 29.4 Å². The Balaban J connectivity index is 2.16. The Morgan fingerprint density at radius 1 is 1.47 bits per heavy atom. The Bertz CT molecular complexity index is 430. The van der Waals surface area contributed by atoms with E-state index >= 15 is 0 Å². The van der Waals surface area contributed by atoms with Crippen molar-refractivity contribution in [1.82, 2.24) is 5.01 Å². The zero-order valence-electron chi connectivity index (χ0n) is 7.98. The van der Waals surface area contributed by atoms with Crippen molar-refractivity contribution >= 4 is 11.7 Å². The maximum Gasteiger partial charge on any atom is 0.250 e. The van der Waals surface area contributed by atoms with Crippen LogP contribution in [0.3, 0.4) is 0 Å². The average Bonchev–Trinajstić information content (AvgIpc) is 2.49. The number of carbonyl (C=O) groups excluding carboxylic acids is 1. The van der Waals surface area contributed by atoms with E-state index in [4.69, 9.17) is 5.73 Å². The van der Waals surface area contributed by atoms with Crippen LogP contribution in [0.5, 0.6) is 0 Å². The Hall–Kier alpha value is -1.91. The third kappa shape index (κ3) is 1.96. The second-order valence-corrected chi connectivity index (χ2v) is 3.31. The second kappa shape index (κ2) is 3.68. The van der Waals surface area contributed by atoms with Crippen molar-refractivity contribution in [2.75, 3.05) is 0 Å². The number of benzene rings is 1. The molecule has 5 heteroatoms. The fourth-order valence-corrected chi connectivity index (χ4v) is 1.40. The molecule has 0 spiro atoms. The first-order valence-electron chi connectivity index (χ1n) is 4.53. The summed E-state index contributed by atoms with van der Waals surface area (Å²) in [7, 11) is 0. The Labute approximate surface area is 86.2 Å². The fourth-order valence-electron chi connectivity index (χ4n) is 1.40. The molecule has 0 aliphatic carbocycles. The van der Waals surface area contributed by atoms with Gasteiger partial charge in [0.05, 0.1) is 13.0 Å². The molecule has 0 atom stereocenters. The molecule has 1 aliphatic heterocycles. The molecule has 0 saturated heterocycles. The molecular formula is C10H10FN3O. The van der Waals surface area contributed by atoms with Crippen LogP contribution >= 0.6 is 0 Å². The highest BCUT2D eigenvalue weighted by atomic mass is 19.1. The standard InChI is InChI=1S/C10H10FN3O/c11-8-4-2-1-3-7(8)6-14-10(15)5-9(12)13-14/h1-4H,5-6H2,(H2,12,13). The third-order valence-electron chi connectivity index (χ3n) is 2.15. The summed E-state index contributed by atoms with van der Waals surface area (Å²) in [5, 5.41) is 5.01. The van der Waals surface area contributed by atoms with Gasteiger partial charge in [-0.2, -0.15) is 5.10 Å². The summed E-state index contributed by atoms with van der Waals surface area (Å²) in [4.78, 5) is 11.3. The number of amidine groups is 1. The lowest BCUT2D eigenvalue weighted by Gasteiger charge is -2.11. The maximum absolute atomic E-state index is 13.2. The summed E-state index contributed by atoms with van der Waals surface area (Å²) in [5.74, 6) is -0.266. The molecule has 2 rings (SSSR count).